The van der Waals surface area contributed by atoms with Crippen molar-refractivity contribution in [1.82, 2.24) is 30.7 Å². The van der Waals surface area contributed by atoms with E-state index in [1.807, 2.05) is 17.9 Å². The summed E-state index contributed by atoms with van der Waals surface area (Å²) in [6.07, 6.45) is 8.20. The number of rotatable bonds is 3. The zero-order chi connectivity index (χ0) is 19.5. The van der Waals surface area contributed by atoms with Crippen molar-refractivity contribution in [3.05, 3.63) is 42.2 Å². The summed E-state index contributed by atoms with van der Waals surface area (Å²) >= 11 is 1.62. The van der Waals surface area contributed by atoms with E-state index in [-0.39, 0.29) is 0 Å². The normalized spacial score (nSPS) is 15.8. The molecule has 1 aliphatic carbocycles. The maximum Gasteiger partial charge on any atom is 0.151 e. The van der Waals surface area contributed by atoms with Gasteiger partial charge in [0.25, 0.3) is 0 Å². The van der Waals surface area contributed by atoms with Crippen molar-refractivity contribution < 1.29 is 0 Å². The van der Waals surface area contributed by atoms with E-state index in [1.54, 1.807) is 11.3 Å². The minimum absolute atomic E-state index is 0.872. The minimum Gasteiger partial charge on any atom is -0.353 e. The SMILES string of the molecule is C1CC1.c1nc2c(-c3cn[nH]c3)ccc(-c3ccc(N4CCNCC4)nn3)c2s1. The Balaban J connectivity index is 0.000000556. The zero-order valence-electron chi connectivity index (χ0n) is 16.1. The Morgan fingerprint density at radius 2 is 1.76 bits per heavy atom. The molecule has 7 nitrogen and oxygen atoms in total. The molecule has 4 heterocycles. The number of thiazole rings is 1. The van der Waals surface area contributed by atoms with E-state index in [9.17, 15) is 0 Å². The molecule has 2 fully saturated rings. The van der Waals surface area contributed by atoms with Crippen molar-refractivity contribution >= 4 is 27.4 Å². The lowest BCUT2D eigenvalue weighted by molar-refractivity contribution is 0.583. The molecule has 0 radical (unpaired) electrons. The van der Waals surface area contributed by atoms with E-state index in [1.165, 1.54) is 19.3 Å². The highest BCUT2D eigenvalue weighted by atomic mass is 32.1. The average Bonchev–Trinajstić information content (AvgIpc) is 3.40. The van der Waals surface area contributed by atoms with Crippen molar-refractivity contribution in [2.24, 2.45) is 0 Å². The number of anilines is 1. The summed E-state index contributed by atoms with van der Waals surface area (Å²) in [5.74, 6) is 0.936. The number of fused-ring (bicyclic) bond motifs is 1. The molecule has 0 bridgehead atoms. The quantitative estimate of drug-likeness (QED) is 0.541. The molecule has 1 saturated carbocycles. The van der Waals surface area contributed by atoms with Crippen LogP contribution in [-0.2, 0) is 0 Å². The number of aromatic nitrogens is 5. The average molecular weight is 406 g/mol. The number of benzene rings is 1. The number of hydrogen-bond acceptors (Lipinski definition) is 7. The van der Waals surface area contributed by atoms with Crippen molar-refractivity contribution in [3.8, 4) is 22.4 Å². The van der Waals surface area contributed by atoms with Crippen LogP contribution in [0.5, 0.6) is 0 Å². The summed E-state index contributed by atoms with van der Waals surface area (Å²) in [6.45, 7) is 3.90. The Morgan fingerprint density at radius 1 is 0.931 bits per heavy atom. The first kappa shape index (κ1) is 18.2. The van der Waals surface area contributed by atoms with Gasteiger partial charge in [-0.25, -0.2) is 4.98 Å². The topological polar surface area (TPSA) is 82.6 Å². The molecule has 1 saturated heterocycles. The van der Waals surface area contributed by atoms with E-state index < -0.39 is 0 Å². The van der Waals surface area contributed by atoms with Gasteiger partial charge in [0.2, 0.25) is 0 Å². The molecule has 2 N–H and O–H groups in total. The standard InChI is InChI=1S/C18H17N7S.C3H6/c1-2-14(15-3-4-16(24-23-15)25-7-5-19-6-8-25)18-17(20-11-26-18)13(1)12-9-21-22-10-12;1-2-3-1/h1-4,9-11,19H,5-8H2,(H,21,22);1-3H2. The Morgan fingerprint density at radius 3 is 2.45 bits per heavy atom. The first-order valence-electron chi connectivity index (χ1n) is 10.1. The number of aromatic amines is 1. The maximum absolute atomic E-state index is 4.57. The van der Waals surface area contributed by atoms with Crippen LogP contribution in [0.25, 0.3) is 32.6 Å². The lowest BCUT2D eigenvalue weighted by Gasteiger charge is -2.27. The summed E-state index contributed by atoms with van der Waals surface area (Å²) in [4.78, 5) is 6.83. The van der Waals surface area contributed by atoms with Crippen LogP contribution in [0.2, 0.25) is 0 Å². The van der Waals surface area contributed by atoms with Gasteiger partial charge < -0.3 is 10.2 Å². The third-order valence-electron chi connectivity index (χ3n) is 5.01. The summed E-state index contributed by atoms with van der Waals surface area (Å²) in [6, 6.07) is 8.28. The molecule has 0 atom stereocenters. The smallest absolute Gasteiger partial charge is 0.151 e. The molecule has 6 rings (SSSR count). The Bertz CT molecular complexity index is 1060. The third kappa shape index (κ3) is 3.99. The first-order chi connectivity index (χ1) is 14.4. The van der Waals surface area contributed by atoms with Gasteiger partial charge in [0, 0.05) is 49.1 Å². The molecule has 1 aliphatic heterocycles. The second-order valence-electron chi connectivity index (χ2n) is 7.25. The third-order valence-corrected chi connectivity index (χ3v) is 5.87. The summed E-state index contributed by atoms with van der Waals surface area (Å²) in [5.41, 5.74) is 6.89. The monoisotopic (exact) mass is 405 g/mol. The number of piperazine rings is 1. The fourth-order valence-electron chi connectivity index (χ4n) is 3.31. The Kier molecular flexibility index (Phi) is 5.19. The highest BCUT2D eigenvalue weighted by molar-refractivity contribution is 7.17. The van der Waals surface area contributed by atoms with Crippen LogP contribution in [0.4, 0.5) is 5.82 Å². The number of H-pyrrole nitrogens is 1. The lowest BCUT2D eigenvalue weighted by Crippen LogP contribution is -2.43. The summed E-state index contributed by atoms with van der Waals surface area (Å²) in [5, 5.41) is 19.2. The second kappa shape index (κ2) is 8.26. The van der Waals surface area contributed by atoms with Gasteiger partial charge in [-0.1, -0.05) is 31.4 Å². The van der Waals surface area contributed by atoms with Gasteiger partial charge in [-0.15, -0.1) is 21.5 Å². The zero-order valence-corrected chi connectivity index (χ0v) is 17.0. The van der Waals surface area contributed by atoms with Crippen LogP contribution in [0.15, 0.2) is 42.2 Å². The molecule has 148 valence electrons. The van der Waals surface area contributed by atoms with Gasteiger partial charge in [-0.05, 0) is 12.1 Å². The highest BCUT2D eigenvalue weighted by Gasteiger charge is 2.15. The number of hydrogen-bond donors (Lipinski definition) is 2. The molecule has 4 aromatic rings. The molecular formula is C21H23N7S. The number of nitrogens with one attached hydrogen (secondary N) is 2. The van der Waals surface area contributed by atoms with E-state index in [0.717, 1.165) is 64.6 Å². The van der Waals surface area contributed by atoms with Crippen molar-refractivity contribution in [2.75, 3.05) is 31.1 Å². The van der Waals surface area contributed by atoms with E-state index in [0.29, 0.717) is 0 Å². The van der Waals surface area contributed by atoms with Crippen LogP contribution >= 0.6 is 11.3 Å². The minimum atomic E-state index is 0.872. The van der Waals surface area contributed by atoms with Crippen molar-refractivity contribution in [2.45, 2.75) is 19.3 Å². The molecule has 1 aromatic carbocycles. The second-order valence-corrected chi connectivity index (χ2v) is 8.11. The van der Waals surface area contributed by atoms with Crippen LogP contribution in [0, 0.1) is 0 Å². The summed E-state index contributed by atoms with van der Waals surface area (Å²) in [7, 11) is 0. The van der Waals surface area contributed by atoms with Gasteiger partial charge in [0.15, 0.2) is 5.82 Å². The van der Waals surface area contributed by atoms with E-state index >= 15 is 0 Å². The van der Waals surface area contributed by atoms with E-state index in [2.05, 4.69) is 59.9 Å². The molecule has 0 spiro atoms. The molecular weight excluding hydrogens is 382 g/mol. The van der Waals surface area contributed by atoms with Gasteiger partial charge in [-0.2, -0.15) is 5.10 Å². The van der Waals surface area contributed by atoms with Gasteiger partial charge in [0.05, 0.1) is 27.6 Å². The fraction of sp³-hybridized carbons (Fsp3) is 0.333. The predicted molar refractivity (Wildman–Crippen MR) is 117 cm³/mol. The largest absolute Gasteiger partial charge is 0.353 e. The Labute approximate surface area is 173 Å². The van der Waals surface area contributed by atoms with Gasteiger partial charge >= 0.3 is 0 Å². The first-order valence-corrected chi connectivity index (χ1v) is 10.9. The van der Waals surface area contributed by atoms with Gasteiger partial charge in [-0.3, -0.25) is 5.10 Å². The summed E-state index contributed by atoms with van der Waals surface area (Å²) < 4.78 is 1.12. The molecule has 29 heavy (non-hydrogen) atoms. The molecule has 3 aromatic heterocycles. The van der Waals surface area contributed by atoms with Crippen molar-refractivity contribution in [3.63, 3.8) is 0 Å². The predicted octanol–water partition coefficient (Wildman–Crippen LogP) is 3.72. The molecule has 8 heteroatoms. The lowest BCUT2D eigenvalue weighted by atomic mass is 10.0. The highest BCUT2D eigenvalue weighted by Crippen LogP contribution is 2.36. The molecule has 2 aliphatic rings. The fourth-order valence-corrected chi connectivity index (χ4v) is 4.15. The van der Waals surface area contributed by atoms with Crippen LogP contribution in [0.1, 0.15) is 19.3 Å². The molecule has 0 amide bonds. The van der Waals surface area contributed by atoms with Crippen LogP contribution in [-0.4, -0.2) is 51.6 Å². The van der Waals surface area contributed by atoms with Crippen molar-refractivity contribution in [1.29, 1.82) is 0 Å². The van der Waals surface area contributed by atoms with E-state index in [4.69, 9.17) is 0 Å². The Hall–Kier alpha value is -2.84. The maximum atomic E-state index is 4.57. The number of nitrogens with zero attached hydrogens (tertiary/aromatic N) is 5. The van der Waals surface area contributed by atoms with Crippen LogP contribution in [0.3, 0.4) is 0 Å². The van der Waals surface area contributed by atoms with Crippen LogP contribution < -0.4 is 10.2 Å². The van der Waals surface area contributed by atoms with Gasteiger partial charge in [0.1, 0.15) is 0 Å². The molecule has 0 unspecified atom stereocenters.